The standard InChI is InChI=1S/C11H14O3S.C4H9NO.CH4/c1-9(2)11(12)8-15(13,14)10-6-4-3-5-7-10;1-4(2)3-5-6;/h3-7,9H,8H2,1-2H3;3-4,6H,1-2H3;1H4/b;5-3+;. The van der Waals surface area contributed by atoms with Crippen LogP contribution in [0.1, 0.15) is 35.1 Å². The molecule has 1 aromatic rings. The number of carbonyl (C=O) groups is 1. The van der Waals surface area contributed by atoms with Crippen molar-refractivity contribution < 1.29 is 18.4 Å². The predicted octanol–water partition coefficient (Wildman–Crippen LogP) is 3.42. The molecule has 126 valence electrons. The summed E-state index contributed by atoms with van der Waals surface area (Å²) in [6.45, 7) is 7.28. The number of Topliss-reactive ketones (excluding diaryl/α,β-unsaturated/α-hetero) is 1. The number of benzene rings is 1. The molecular weight excluding hydrogens is 302 g/mol. The van der Waals surface area contributed by atoms with Crippen LogP contribution in [0.2, 0.25) is 0 Å². The van der Waals surface area contributed by atoms with Crippen LogP contribution >= 0.6 is 0 Å². The third kappa shape index (κ3) is 9.28. The van der Waals surface area contributed by atoms with Crippen molar-refractivity contribution in [2.24, 2.45) is 17.0 Å². The zero-order chi connectivity index (χ0) is 16.5. The second kappa shape index (κ2) is 11.0. The quantitative estimate of drug-likeness (QED) is 0.509. The largest absolute Gasteiger partial charge is 0.411 e. The second-order valence-corrected chi connectivity index (χ2v) is 7.19. The molecule has 0 heterocycles. The Bertz CT molecular complexity index is 549. The van der Waals surface area contributed by atoms with Crippen molar-refractivity contribution in [3.63, 3.8) is 0 Å². The van der Waals surface area contributed by atoms with Crippen molar-refractivity contribution in [1.29, 1.82) is 0 Å². The summed E-state index contributed by atoms with van der Waals surface area (Å²) in [5.41, 5.74) is 0. The fourth-order valence-corrected chi connectivity index (χ4v) is 2.64. The maximum atomic E-state index is 11.7. The molecule has 0 radical (unpaired) electrons. The molecule has 1 rings (SSSR count). The maximum Gasteiger partial charge on any atom is 0.185 e. The number of hydrogen-bond donors (Lipinski definition) is 1. The van der Waals surface area contributed by atoms with Crippen LogP contribution in [0.3, 0.4) is 0 Å². The van der Waals surface area contributed by atoms with Crippen molar-refractivity contribution in [1.82, 2.24) is 0 Å². The van der Waals surface area contributed by atoms with Crippen LogP contribution in [-0.4, -0.2) is 31.4 Å². The molecule has 0 bridgehead atoms. The van der Waals surface area contributed by atoms with Crippen molar-refractivity contribution in [3.05, 3.63) is 30.3 Å². The first-order chi connectivity index (χ1) is 9.70. The van der Waals surface area contributed by atoms with Gasteiger partial charge in [-0.2, -0.15) is 0 Å². The molecule has 0 aliphatic carbocycles. The van der Waals surface area contributed by atoms with Gasteiger partial charge in [-0.25, -0.2) is 8.42 Å². The zero-order valence-corrected chi connectivity index (χ0v) is 13.7. The van der Waals surface area contributed by atoms with Crippen LogP contribution < -0.4 is 0 Å². The topological polar surface area (TPSA) is 83.8 Å². The summed E-state index contributed by atoms with van der Waals surface area (Å²) in [5, 5.41) is 10.6. The summed E-state index contributed by atoms with van der Waals surface area (Å²) in [4.78, 5) is 11.6. The highest BCUT2D eigenvalue weighted by Gasteiger charge is 2.20. The average Bonchev–Trinajstić information content (AvgIpc) is 2.39. The highest BCUT2D eigenvalue weighted by atomic mass is 32.2. The van der Waals surface area contributed by atoms with Gasteiger partial charge in [0.1, 0.15) is 5.75 Å². The Kier molecular flexibility index (Phi) is 11.2. The third-order valence-electron chi connectivity index (χ3n) is 2.44. The molecule has 0 aliphatic heterocycles. The lowest BCUT2D eigenvalue weighted by atomic mass is 10.1. The van der Waals surface area contributed by atoms with E-state index in [0.717, 1.165) is 0 Å². The fraction of sp³-hybridized carbons (Fsp3) is 0.500. The van der Waals surface area contributed by atoms with E-state index in [1.807, 2.05) is 13.8 Å². The lowest BCUT2D eigenvalue weighted by Crippen LogP contribution is -2.20. The number of rotatable bonds is 5. The molecule has 0 aromatic heterocycles. The van der Waals surface area contributed by atoms with Crippen LogP contribution in [0.25, 0.3) is 0 Å². The zero-order valence-electron chi connectivity index (χ0n) is 12.9. The summed E-state index contributed by atoms with van der Waals surface area (Å²) in [5.74, 6) is -0.549. The van der Waals surface area contributed by atoms with Crippen LogP contribution in [0.4, 0.5) is 0 Å². The van der Waals surface area contributed by atoms with E-state index in [4.69, 9.17) is 5.21 Å². The molecule has 22 heavy (non-hydrogen) atoms. The molecule has 0 atom stereocenters. The third-order valence-corrected chi connectivity index (χ3v) is 4.10. The van der Waals surface area contributed by atoms with E-state index in [2.05, 4.69) is 5.16 Å². The summed E-state index contributed by atoms with van der Waals surface area (Å²) < 4.78 is 23.5. The van der Waals surface area contributed by atoms with Gasteiger partial charge in [0, 0.05) is 12.1 Å². The average molecular weight is 329 g/mol. The molecule has 1 N–H and O–H groups in total. The minimum atomic E-state index is -3.45. The molecule has 0 fully saturated rings. The van der Waals surface area contributed by atoms with Crippen molar-refractivity contribution in [2.45, 2.75) is 40.0 Å². The highest BCUT2D eigenvalue weighted by Crippen LogP contribution is 2.11. The van der Waals surface area contributed by atoms with Gasteiger partial charge in [-0.05, 0) is 18.1 Å². The first kappa shape index (κ1) is 22.6. The first-order valence-corrected chi connectivity index (χ1v) is 8.34. The van der Waals surface area contributed by atoms with Gasteiger partial charge >= 0.3 is 0 Å². The smallest absolute Gasteiger partial charge is 0.185 e. The summed E-state index contributed by atoms with van der Waals surface area (Å²) in [6.07, 6.45) is 1.47. The van der Waals surface area contributed by atoms with Crippen molar-refractivity contribution in [2.75, 3.05) is 5.75 Å². The van der Waals surface area contributed by atoms with Gasteiger partial charge in [0.2, 0.25) is 0 Å². The van der Waals surface area contributed by atoms with E-state index < -0.39 is 15.6 Å². The van der Waals surface area contributed by atoms with E-state index in [1.165, 1.54) is 18.3 Å². The first-order valence-electron chi connectivity index (χ1n) is 6.68. The van der Waals surface area contributed by atoms with Gasteiger partial charge in [0.05, 0.1) is 4.90 Å². The molecule has 0 saturated heterocycles. The number of ketones is 1. The normalized spacial score (nSPS) is 11.0. The van der Waals surface area contributed by atoms with Crippen LogP contribution in [-0.2, 0) is 14.6 Å². The molecule has 0 saturated carbocycles. The number of hydrogen-bond acceptors (Lipinski definition) is 5. The Balaban J connectivity index is 0. The Morgan fingerprint density at radius 2 is 1.68 bits per heavy atom. The van der Waals surface area contributed by atoms with Crippen molar-refractivity contribution >= 4 is 21.8 Å². The van der Waals surface area contributed by atoms with Gasteiger partial charge in [-0.3, -0.25) is 4.79 Å². The van der Waals surface area contributed by atoms with Crippen LogP contribution in [0.15, 0.2) is 40.4 Å². The molecule has 0 unspecified atom stereocenters. The lowest BCUT2D eigenvalue weighted by Gasteiger charge is -2.05. The molecule has 0 spiro atoms. The van der Waals surface area contributed by atoms with Gasteiger partial charge in [0.25, 0.3) is 0 Å². The van der Waals surface area contributed by atoms with E-state index in [-0.39, 0.29) is 24.0 Å². The SMILES string of the molecule is C.CC(C)/C=N/O.CC(C)C(=O)CS(=O)(=O)c1ccccc1. The predicted molar refractivity (Wildman–Crippen MR) is 90.2 cm³/mol. The van der Waals surface area contributed by atoms with Crippen LogP contribution in [0, 0.1) is 11.8 Å². The molecular formula is C16H27NO4S. The highest BCUT2D eigenvalue weighted by molar-refractivity contribution is 7.92. The molecule has 5 nitrogen and oxygen atoms in total. The summed E-state index contributed by atoms with van der Waals surface area (Å²) in [6, 6.07) is 8.04. The minimum absolute atomic E-state index is 0. The van der Waals surface area contributed by atoms with Crippen LogP contribution in [0.5, 0.6) is 0 Å². The Morgan fingerprint density at radius 3 is 2.00 bits per heavy atom. The Labute approximate surface area is 134 Å². The number of sulfone groups is 1. The van der Waals surface area contributed by atoms with E-state index in [0.29, 0.717) is 5.92 Å². The van der Waals surface area contributed by atoms with Gasteiger partial charge in [0.15, 0.2) is 15.6 Å². The Morgan fingerprint density at radius 1 is 1.18 bits per heavy atom. The fourth-order valence-electron chi connectivity index (χ4n) is 1.20. The second-order valence-electron chi connectivity index (χ2n) is 5.20. The van der Waals surface area contributed by atoms with Gasteiger partial charge in [-0.1, -0.05) is 53.3 Å². The molecule has 0 amide bonds. The summed E-state index contributed by atoms with van der Waals surface area (Å²) in [7, 11) is -3.45. The Hall–Kier alpha value is -1.69. The van der Waals surface area contributed by atoms with Gasteiger partial charge in [-0.15, -0.1) is 5.16 Å². The monoisotopic (exact) mass is 329 g/mol. The summed E-state index contributed by atoms with van der Waals surface area (Å²) >= 11 is 0. The number of oxime groups is 1. The molecule has 0 aliphatic rings. The van der Waals surface area contributed by atoms with Crippen molar-refractivity contribution in [3.8, 4) is 0 Å². The molecule has 1 aromatic carbocycles. The van der Waals surface area contributed by atoms with E-state index in [1.54, 1.807) is 32.0 Å². The number of nitrogens with zero attached hydrogens (tertiary/aromatic N) is 1. The van der Waals surface area contributed by atoms with Gasteiger partial charge < -0.3 is 5.21 Å². The van der Waals surface area contributed by atoms with E-state index >= 15 is 0 Å². The molecule has 6 heteroatoms. The number of carbonyl (C=O) groups excluding carboxylic acids is 1. The van der Waals surface area contributed by atoms with E-state index in [9.17, 15) is 13.2 Å². The maximum absolute atomic E-state index is 11.7. The minimum Gasteiger partial charge on any atom is -0.411 e. The lowest BCUT2D eigenvalue weighted by molar-refractivity contribution is -0.119.